The van der Waals surface area contributed by atoms with Crippen molar-refractivity contribution in [2.75, 3.05) is 5.32 Å². The molecule has 2 aromatic heterocycles. The largest absolute Gasteiger partial charge is 0.335 e. The first-order valence-electron chi connectivity index (χ1n) is 7.73. The van der Waals surface area contributed by atoms with Gasteiger partial charge < -0.3 is 10.6 Å². The standard InChI is InChI=1S/C18H17N5O2/c1-12-6-5-9-14(20-12)17(24)22-16(13-7-3-2-4-8-13)18(25)21-15-10-11-19-23-15/h2-11,16H,1H3,(H,22,24)(H2,19,21,23,25)/t16-/m1/s1. The number of pyridine rings is 1. The summed E-state index contributed by atoms with van der Waals surface area (Å²) >= 11 is 0. The summed E-state index contributed by atoms with van der Waals surface area (Å²) in [5, 5.41) is 11.9. The van der Waals surface area contributed by atoms with E-state index in [-0.39, 0.29) is 11.6 Å². The Morgan fingerprint density at radius 1 is 1.04 bits per heavy atom. The highest BCUT2D eigenvalue weighted by Gasteiger charge is 2.24. The second-order valence-corrected chi connectivity index (χ2v) is 5.44. The van der Waals surface area contributed by atoms with Crippen molar-refractivity contribution in [3.8, 4) is 0 Å². The maximum absolute atomic E-state index is 12.7. The molecule has 3 rings (SSSR count). The van der Waals surface area contributed by atoms with Crippen molar-refractivity contribution < 1.29 is 9.59 Å². The van der Waals surface area contributed by atoms with Crippen molar-refractivity contribution in [1.82, 2.24) is 20.5 Å². The van der Waals surface area contributed by atoms with Gasteiger partial charge in [0.15, 0.2) is 0 Å². The molecular weight excluding hydrogens is 318 g/mol. The van der Waals surface area contributed by atoms with Crippen LogP contribution >= 0.6 is 0 Å². The summed E-state index contributed by atoms with van der Waals surface area (Å²) in [5.74, 6) is -0.345. The Kier molecular flexibility index (Phi) is 4.84. The van der Waals surface area contributed by atoms with Gasteiger partial charge in [-0.2, -0.15) is 5.10 Å². The number of nitrogens with one attached hydrogen (secondary N) is 3. The molecule has 3 N–H and O–H groups in total. The molecule has 0 bridgehead atoms. The van der Waals surface area contributed by atoms with Gasteiger partial charge in [0.1, 0.15) is 17.6 Å². The average molecular weight is 335 g/mol. The van der Waals surface area contributed by atoms with Gasteiger partial charge in [0, 0.05) is 11.8 Å². The minimum atomic E-state index is -0.862. The molecule has 0 aliphatic heterocycles. The van der Waals surface area contributed by atoms with Crippen LogP contribution in [0.25, 0.3) is 0 Å². The highest BCUT2D eigenvalue weighted by Crippen LogP contribution is 2.16. The molecule has 2 heterocycles. The van der Waals surface area contributed by atoms with Crippen molar-refractivity contribution in [2.45, 2.75) is 13.0 Å². The van der Waals surface area contributed by atoms with Gasteiger partial charge in [0.2, 0.25) is 0 Å². The second-order valence-electron chi connectivity index (χ2n) is 5.44. The summed E-state index contributed by atoms with van der Waals surface area (Å²) < 4.78 is 0. The van der Waals surface area contributed by atoms with Gasteiger partial charge in [-0.3, -0.25) is 14.7 Å². The van der Waals surface area contributed by atoms with Crippen LogP contribution in [0.15, 0.2) is 60.8 Å². The molecule has 0 saturated heterocycles. The lowest BCUT2D eigenvalue weighted by Gasteiger charge is -2.18. The molecule has 0 saturated carbocycles. The zero-order valence-electron chi connectivity index (χ0n) is 13.6. The number of rotatable bonds is 5. The molecule has 7 nitrogen and oxygen atoms in total. The summed E-state index contributed by atoms with van der Waals surface area (Å²) in [6, 6.07) is 14.9. The molecule has 0 fully saturated rings. The van der Waals surface area contributed by atoms with Crippen molar-refractivity contribution in [3.05, 3.63) is 77.7 Å². The second kappa shape index (κ2) is 7.39. The number of aromatic amines is 1. The summed E-state index contributed by atoms with van der Waals surface area (Å²) in [5.41, 5.74) is 1.65. The number of hydrogen-bond acceptors (Lipinski definition) is 4. The third-order valence-corrected chi connectivity index (χ3v) is 3.55. The number of aromatic nitrogens is 3. The SMILES string of the molecule is Cc1cccc(C(=O)N[C@@H](C(=O)Nc2ccn[nH]2)c2ccccc2)n1. The maximum atomic E-state index is 12.7. The topological polar surface area (TPSA) is 99.8 Å². The monoisotopic (exact) mass is 335 g/mol. The Hall–Kier alpha value is -3.48. The Bertz CT molecular complexity index is 862. The van der Waals surface area contributed by atoms with Gasteiger partial charge in [0.25, 0.3) is 11.8 Å². The first-order chi connectivity index (χ1) is 12.1. The van der Waals surface area contributed by atoms with E-state index < -0.39 is 11.9 Å². The van der Waals surface area contributed by atoms with E-state index in [2.05, 4.69) is 25.8 Å². The number of nitrogens with zero attached hydrogens (tertiary/aromatic N) is 2. The van der Waals surface area contributed by atoms with Crippen LogP contribution < -0.4 is 10.6 Å². The predicted molar refractivity (Wildman–Crippen MR) is 92.8 cm³/mol. The van der Waals surface area contributed by atoms with Gasteiger partial charge in [0.05, 0.1) is 6.20 Å². The zero-order valence-corrected chi connectivity index (χ0v) is 13.6. The van der Waals surface area contributed by atoms with Gasteiger partial charge in [-0.1, -0.05) is 36.4 Å². The number of H-pyrrole nitrogens is 1. The van der Waals surface area contributed by atoms with Crippen molar-refractivity contribution in [2.24, 2.45) is 0 Å². The van der Waals surface area contributed by atoms with Gasteiger partial charge in [-0.15, -0.1) is 0 Å². The highest BCUT2D eigenvalue weighted by molar-refractivity contribution is 6.00. The van der Waals surface area contributed by atoms with Crippen LogP contribution in [0.2, 0.25) is 0 Å². The molecule has 25 heavy (non-hydrogen) atoms. The summed E-state index contributed by atoms with van der Waals surface area (Å²) in [6.45, 7) is 1.80. The first kappa shape index (κ1) is 16.4. The van der Waals surface area contributed by atoms with E-state index in [0.29, 0.717) is 11.4 Å². The van der Waals surface area contributed by atoms with Crippen molar-refractivity contribution in [3.63, 3.8) is 0 Å². The van der Waals surface area contributed by atoms with Gasteiger partial charge in [-0.05, 0) is 24.6 Å². The lowest BCUT2D eigenvalue weighted by atomic mass is 10.1. The fourth-order valence-electron chi connectivity index (χ4n) is 2.35. The molecule has 0 unspecified atom stereocenters. The van der Waals surface area contributed by atoms with Gasteiger partial charge in [-0.25, -0.2) is 4.98 Å². The third-order valence-electron chi connectivity index (χ3n) is 3.55. The summed E-state index contributed by atoms with van der Waals surface area (Å²) in [6.07, 6.45) is 1.53. The van der Waals surface area contributed by atoms with E-state index in [4.69, 9.17) is 0 Å². The zero-order chi connectivity index (χ0) is 17.6. The molecule has 126 valence electrons. The van der Waals surface area contributed by atoms with Crippen LogP contribution in [0, 0.1) is 6.92 Å². The number of carbonyl (C=O) groups excluding carboxylic acids is 2. The number of amides is 2. The van der Waals surface area contributed by atoms with E-state index in [1.807, 2.05) is 18.2 Å². The molecule has 2 amide bonds. The smallest absolute Gasteiger partial charge is 0.270 e. The Labute approximate surface area is 144 Å². The lowest BCUT2D eigenvalue weighted by Crippen LogP contribution is -2.37. The van der Waals surface area contributed by atoms with E-state index >= 15 is 0 Å². The minimum absolute atomic E-state index is 0.260. The number of anilines is 1. The van der Waals surface area contributed by atoms with E-state index in [1.54, 1.807) is 43.3 Å². The molecule has 0 aliphatic rings. The molecule has 1 aromatic carbocycles. The number of carbonyl (C=O) groups is 2. The molecular formula is C18H17N5O2. The molecule has 0 spiro atoms. The number of aryl methyl sites for hydroxylation is 1. The van der Waals surface area contributed by atoms with E-state index in [0.717, 1.165) is 5.69 Å². The summed E-state index contributed by atoms with van der Waals surface area (Å²) in [4.78, 5) is 29.4. The number of hydrogen-bond donors (Lipinski definition) is 3. The fourth-order valence-corrected chi connectivity index (χ4v) is 2.35. The van der Waals surface area contributed by atoms with E-state index in [1.165, 1.54) is 6.20 Å². The van der Waals surface area contributed by atoms with Crippen LogP contribution in [0.3, 0.4) is 0 Å². The average Bonchev–Trinajstić information content (AvgIpc) is 3.13. The van der Waals surface area contributed by atoms with Gasteiger partial charge >= 0.3 is 0 Å². The van der Waals surface area contributed by atoms with Crippen molar-refractivity contribution >= 4 is 17.6 Å². The van der Waals surface area contributed by atoms with Crippen LogP contribution in [-0.4, -0.2) is 27.0 Å². The first-order valence-corrected chi connectivity index (χ1v) is 7.73. The minimum Gasteiger partial charge on any atom is -0.335 e. The van der Waals surface area contributed by atoms with Crippen LogP contribution in [0.4, 0.5) is 5.82 Å². The predicted octanol–water partition coefficient (Wildman–Crippen LogP) is 2.22. The molecule has 0 aliphatic carbocycles. The van der Waals surface area contributed by atoms with Crippen LogP contribution in [-0.2, 0) is 4.79 Å². The Balaban J connectivity index is 1.83. The lowest BCUT2D eigenvalue weighted by molar-refractivity contribution is -0.118. The Morgan fingerprint density at radius 2 is 1.84 bits per heavy atom. The van der Waals surface area contributed by atoms with Crippen LogP contribution in [0.1, 0.15) is 27.8 Å². The normalized spacial score (nSPS) is 11.6. The van der Waals surface area contributed by atoms with Crippen LogP contribution in [0.5, 0.6) is 0 Å². The highest BCUT2D eigenvalue weighted by atomic mass is 16.2. The number of benzene rings is 1. The molecule has 1 atom stereocenters. The molecule has 7 heteroatoms. The molecule has 0 radical (unpaired) electrons. The van der Waals surface area contributed by atoms with Crippen molar-refractivity contribution in [1.29, 1.82) is 0 Å². The van der Waals surface area contributed by atoms with E-state index in [9.17, 15) is 9.59 Å². The Morgan fingerprint density at radius 3 is 2.52 bits per heavy atom. The quantitative estimate of drug-likeness (QED) is 0.665. The summed E-state index contributed by atoms with van der Waals surface area (Å²) in [7, 11) is 0. The molecule has 3 aromatic rings. The third kappa shape index (κ3) is 4.08. The fraction of sp³-hybridized carbons (Fsp3) is 0.111. The maximum Gasteiger partial charge on any atom is 0.270 e.